The van der Waals surface area contributed by atoms with Crippen molar-refractivity contribution < 1.29 is 0 Å². The van der Waals surface area contributed by atoms with Crippen molar-refractivity contribution in [2.75, 3.05) is 0 Å². The maximum atomic E-state index is 5.05. The lowest BCUT2D eigenvalue weighted by atomic mass is 10.2. The average molecular weight is 750 g/mol. The van der Waals surface area contributed by atoms with Crippen molar-refractivity contribution in [3.05, 3.63) is 237 Å². The fraction of sp³-hybridized carbons (Fsp3) is 0. The molecule has 9 aromatic rings. The number of benzene rings is 8. The molecule has 0 aliphatic carbocycles. The van der Waals surface area contributed by atoms with Gasteiger partial charge in [-0.25, -0.2) is 15.0 Å². The predicted molar refractivity (Wildman–Crippen MR) is 238 cm³/mol. The fourth-order valence-corrected chi connectivity index (χ4v) is 17.9. The van der Waals surface area contributed by atoms with E-state index in [-0.39, 0.29) is 0 Å². The molecule has 0 atom stereocenters. The monoisotopic (exact) mass is 749 g/mol. The van der Waals surface area contributed by atoms with Gasteiger partial charge in [0.1, 0.15) is 6.33 Å². The molecule has 0 spiro atoms. The highest BCUT2D eigenvalue weighted by molar-refractivity contribution is 7.20. The number of hydrogen-bond acceptors (Lipinski definition) is 3. The van der Waals surface area contributed by atoms with Gasteiger partial charge < -0.3 is 0 Å². The molecule has 0 saturated carbocycles. The molecule has 3 nitrogen and oxygen atoms in total. The van der Waals surface area contributed by atoms with Gasteiger partial charge in [0, 0.05) is 11.1 Å². The van der Waals surface area contributed by atoms with Crippen molar-refractivity contribution in [3.63, 3.8) is 0 Å². The Morgan fingerprint density at radius 1 is 0.232 bits per heavy atom. The Balaban J connectivity index is 1.11. The fourth-order valence-electron chi connectivity index (χ4n) is 8.44. The molecule has 0 bridgehead atoms. The van der Waals surface area contributed by atoms with E-state index in [9.17, 15) is 0 Å². The summed E-state index contributed by atoms with van der Waals surface area (Å²) in [6.45, 7) is 0. The highest BCUT2D eigenvalue weighted by atomic mass is 28.3. The van der Waals surface area contributed by atoms with Gasteiger partial charge in [0.15, 0.2) is 27.8 Å². The lowest BCUT2D eigenvalue weighted by Crippen LogP contribution is -2.74. The van der Waals surface area contributed by atoms with Gasteiger partial charge >= 0.3 is 0 Å². The van der Waals surface area contributed by atoms with Gasteiger partial charge in [0.05, 0.1) is 0 Å². The third-order valence-corrected chi connectivity index (χ3v) is 20.6. The molecule has 0 unspecified atom stereocenters. The van der Waals surface area contributed by atoms with E-state index in [1.165, 1.54) is 41.5 Å². The SMILES string of the molecule is c1ccc([Si](c2ccccc2)(c2ccccc2)c2ccc(-c3ncnc(-c4ccc([Si](c5ccccc5)(c5ccccc5)c5ccccc5)cc4)n3)cc2)cc1. The Morgan fingerprint density at radius 2 is 0.446 bits per heavy atom. The zero-order valence-corrected chi connectivity index (χ0v) is 32.9. The minimum absolute atomic E-state index is 0.651. The second kappa shape index (κ2) is 15.5. The Hall–Kier alpha value is -6.80. The normalized spacial score (nSPS) is 11.6. The van der Waals surface area contributed by atoms with Crippen molar-refractivity contribution in [2.45, 2.75) is 0 Å². The summed E-state index contributed by atoms with van der Waals surface area (Å²) >= 11 is 0. The maximum Gasteiger partial charge on any atom is 0.179 e. The summed E-state index contributed by atoms with van der Waals surface area (Å²) in [7, 11) is -5.26. The highest BCUT2D eigenvalue weighted by Gasteiger charge is 2.42. The highest BCUT2D eigenvalue weighted by Crippen LogP contribution is 2.20. The van der Waals surface area contributed by atoms with Crippen LogP contribution in [-0.4, -0.2) is 31.1 Å². The summed E-state index contributed by atoms with van der Waals surface area (Å²) in [4.78, 5) is 14.4. The minimum atomic E-state index is -2.63. The van der Waals surface area contributed by atoms with E-state index in [0.717, 1.165) is 11.1 Å². The summed E-state index contributed by atoms with van der Waals surface area (Å²) in [5, 5.41) is 10.7. The topological polar surface area (TPSA) is 38.7 Å². The average Bonchev–Trinajstić information content (AvgIpc) is 3.30. The van der Waals surface area contributed by atoms with Crippen LogP contribution in [0.4, 0.5) is 0 Å². The zero-order valence-electron chi connectivity index (χ0n) is 30.9. The molecule has 56 heavy (non-hydrogen) atoms. The Kier molecular flexibility index (Phi) is 9.68. The van der Waals surface area contributed by atoms with Crippen LogP contribution in [0.3, 0.4) is 0 Å². The first kappa shape index (κ1) is 34.9. The zero-order chi connectivity index (χ0) is 37.6. The molecule has 8 aromatic carbocycles. The molecule has 0 aliphatic heterocycles. The van der Waals surface area contributed by atoms with E-state index in [1.807, 2.05) is 0 Å². The van der Waals surface area contributed by atoms with Crippen LogP contribution < -0.4 is 41.5 Å². The number of nitrogens with zero attached hydrogens (tertiary/aromatic N) is 3. The van der Waals surface area contributed by atoms with Crippen molar-refractivity contribution >= 4 is 57.6 Å². The summed E-state index contributed by atoms with van der Waals surface area (Å²) < 4.78 is 0. The van der Waals surface area contributed by atoms with Crippen molar-refractivity contribution in [1.82, 2.24) is 15.0 Å². The predicted octanol–water partition coefficient (Wildman–Crippen LogP) is 5.96. The lowest BCUT2D eigenvalue weighted by Gasteiger charge is -2.34. The Morgan fingerprint density at radius 3 is 0.679 bits per heavy atom. The van der Waals surface area contributed by atoms with Crippen LogP contribution in [0.1, 0.15) is 0 Å². The lowest BCUT2D eigenvalue weighted by molar-refractivity contribution is 1.07. The minimum Gasteiger partial charge on any atom is -0.217 e. The van der Waals surface area contributed by atoms with Gasteiger partial charge in [0.2, 0.25) is 0 Å². The molecule has 0 radical (unpaired) electrons. The van der Waals surface area contributed by atoms with Crippen LogP contribution in [0.25, 0.3) is 22.8 Å². The van der Waals surface area contributed by atoms with Gasteiger partial charge in [-0.1, -0.05) is 231 Å². The number of rotatable bonds is 10. The van der Waals surface area contributed by atoms with Crippen LogP contribution in [0.5, 0.6) is 0 Å². The first-order chi connectivity index (χ1) is 27.8. The summed E-state index contributed by atoms with van der Waals surface area (Å²) in [6, 6.07) is 83.8. The van der Waals surface area contributed by atoms with Gasteiger partial charge in [-0.15, -0.1) is 0 Å². The molecule has 0 saturated heterocycles. The van der Waals surface area contributed by atoms with Crippen LogP contribution >= 0.6 is 0 Å². The summed E-state index contributed by atoms with van der Waals surface area (Å²) in [6.07, 6.45) is 1.63. The summed E-state index contributed by atoms with van der Waals surface area (Å²) in [5.41, 5.74) is 1.91. The van der Waals surface area contributed by atoms with Crippen LogP contribution in [0.2, 0.25) is 0 Å². The van der Waals surface area contributed by atoms with Gasteiger partial charge in [-0.2, -0.15) is 0 Å². The second-order valence-electron chi connectivity index (χ2n) is 14.0. The molecule has 0 amide bonds. The van der Waals surface area contributed by atoms with Crippen molar-refractivity contribution in [1.29, 1.82) is 0 Å². The van der Waals surface area contributed by atoms with E-state index >= 15 is 0 Å². The van der Waals surface area contributed by atoms with Gasteiger partial charge in [-0.3, -0.25) is 0 Å². The molecular weight excluding hydrogens is 711 g/mol. The van der Waals surface area contributed by atoms with Gasteiger partial charge in [0.25, 0.3) is 0 Å². The molecule has 1 heterocycles. The van der Waals surface area contributed by atoms with E-state index in [2.05, 4.69) is 240 Å². The quantitative estimate of drug-likeness (QED) is 0.128. The van der Waals surface area contributed by atoms with E-state index < -0.39 is 16.1 Å². The largest absolute Gasteiger partial charge is 0.217 e. The van der Waals surface area contributed by atoms with Crippen molar-refractivity contribution in [3.8, 4) is 22.8 Å². The third-order valence-electron chi connectivity index (χ3n) is 11.0. The molecule has 9 rings (SSSR count). The van der Waals surface area contributed by atoms with E-state index in [0.29, 0.717) is 11.6 Å². The maximum absolute atomic E-state index is 5.05. The van der Waals surface area contributed by atoms with Crippen LogP contribution in [0, 0.1) is 0 Å². The molecule has 0 aliphatic rings. The first-order valence-corrected chi connectivity index (χ1v) is 23.0. The Labute approximate surface area is 330 Å². The molecule has 0 fully saturated rings. The number of aromatic nitrogens is 3. The van der Waals surface area contributed by atoms with Gasteiger partial charge in [-0.05, 0) is 41.5 Å². The first-order valence-electron chi connectivity index (χ1n) is 19.0. The van der Waals surface area contributed by atoms with Crippen molar-refractivity contribution in [2.24, 2.45) is 0 Å². The second-order valence-corrected chi connectivity index (χ2v) is 21.6. The van der Waals surface area contributed by atoms with Crippen LogP contribution in [-0.2, 0) is 0 Å². The molecule has 5 heteroatoms. The Bertz CT molecular complexity index is 2260. The van der Waals surface area contributed by atoms with E-state index in [4.69, 9.17) is 4.98 Å². The number of hydrogen-bond donors (Lipinski definition) is 0. The smallest absolute Gasteiger partial charge is 0.179 e. The standard InChI is InChI=1S/C51H39N3Si2/c1-7-19-42(20-8-1)55(43-21-9-2-10-22-43,44-23-11-3-12-24-44)48-35-31-40(32-36-48)50-52-39-53-51(54-50)41-33-37-49(38-34-41)56(45-25-13-4-14-26-45,46-27-15-5-16-28-46)47-29-17-6-18-30-47/h1-39H. The van der Waals surface area contributed by atoms with Crippen LogP contribution in [0.15, 0.2) is 237 Å². The molecule has 1 aromatic heterocycles. The van der Waals surface area contributed by atoms with E-state index in [1.54, 1.807) is 6.33 Å². The molecule has 0 N–H and O–H groups in total. The third kappa shape index (κ3) is 6.23. The molecule has 266 valence electrons. The molecular formula is C51H39N3Si2. The summed E-state index contributed by atoms with van der Waals surface area (Å²) in [5.74, 6) is 1.30.